The first kappa shape index (κ1) is 11.4. The minimum atomic E-state index is -0.595. The monoisotopic (exact) mass is 243 g/mol. The molecule has 0 aliphatic carbocycles. The molecule has 0 saturated carbocycles. The molecule has 0 spiro atoms. The van der Waals surface area contributed by atoms with Crippen LogP contribution in [-0.4, -0.2) is 17.3 Å². The lowest BCUT2D eigenvalue weighted by molar-refractivity contribution is -0.115. The lowest BCUT2D eigenvalue weighted by Gasteiger charge is -2.25. The first-order valence-electron chi connectivity index (χ1n) is 6.25. The van der Waals surface area contributed by atoms with Crippen molar-refractivity contribution < 1.29 is 4.79 Å². The van der Waals surface area contributed by atoms with E-state index in [0.29, 0.717) is 0 Å². The molecule has 3 heterocycles. The number of aromatic nitrogens is 1. The molecule has 94 valence electrons. The molecule has 0 amide bonds. The fourth-order valence-corrected chi connectivity index (χ4v) is 2.75. The zero-order chi connectivity index (χ0) is 12.9. The van der Waals surface area contributed by atoms with Crippen LogP contribution < -0.4 is 10.6 Å². The molecule has 1 saturated heterocycles. The molecule has 1 aromatic heterocycles. The number of nitrogens with two attached hydrogens (primary N) is 1. The molecule has 2 aliphatic heterocycles. The highest BCUT2D eigenvalue weighted by Gasteiger charge is 2.40. The average molecular weight is 243 g/mol. The van der Waals surface area contributed by atoms with Crippen LogP contribution in [0.4, 0.5) is 5.82 Å². The third kappa shape index (κ3) is 1.49. The number of nitrogens with zero attached hydrogens (tertiary/aromatic N) is 2. The van der Waals surface area contributed by atoms with Crippen LogP contribution in [0.3, 0.4) is 0 Å². The molecule has 1 aromatic rings. The lowest BCUT2D eigenvalue weighted by Crippen LogP contribution is -2.22. The number of allylic oxidation sites excluding steroid dienone is 1. The molecule has 0 radical (unpaired) electrons. The minimum absolute atomic E-state index is 0.00844. The number of hydrogen-bond donors (Lipinski definition) is 1. The maximum atomic E-state index is 12.2. The summed E-state index contributed by atoms with van der Waals surface area (Å²) in [6.07, 6.45) is 4.49. The largest absolute Gasteiger partial charge is 0.329 e. The van der Waals surface area contributed by atoms with Crippen LogP contribution >= 0.6 is 0 Å². The summed E-state index contributed by atoms with van der Waals surface area (Å²) >= 11 is 0. The number of hydrogen-bond acceptors (Lipinski definition) is 4. The second kappa shape index (κ2) is 3.65. The zero-order valence-electron chi connectivity index (χ0n) is 10.7. The van der Waals surface area contributed by atoms with Gasteiger partial charge in [-0.2, -0.15) is 0 Å². The van der Waals surface area contributed by atoms with Gasteiger partial charge in [0.05, 0.1) is 6.04 Å². The zero-order valence-corrected chi connectivity index (χ0v) is 10.7. The summed E-state index contributed by atoms with van der Waals surface area (Å²) in [6, 6.07) is 3.13. The Bertz CT molecular complexity index is 548. The van der Waals surface area contributed by atoms with E-state index in [0.717, 1.165) is 30.0 Å². The molecule has 2 N–H and O–H groups in total. The molecular formula is C14H17N3O. The van der Waals surface area contributed by atoms with Crippen LogP contribution in [0.2, 0.25) is 0 Å². The van der Waals surface area contributed by atoms with Crippen molar-refractivity contribution in [3.63, 3.8) is 0 Å². The smallest absolute Gasteiger partial charge is 0.178 e. The van der Waals surface area contributed by atoms with E-state index in [-0.39, 0.29) is 11.2 Å². The third-order valence-electron chi connectivity index (χ3n) is 3.94. The SMILES string of the molecule is CC1(C)CCN2C1=CC(=O)C(N)c1cccnc12. The maximum Gasteiger partial charge on any atom is 0.178 e. The van der Waals surface area contributed by atoms with Gasteiger partial charge in [-0.3, -0.25) is 4.79 Å². The number of fused-ring (bicyclic) bond motifs is 3. The summed E-state index contributed by atoms with van der Waals surface area (Å²) in [6.45, 7) is 5.21. The topological polar surface area (TPSA) is 59.2 Å². The summed E-state index contributed by atoms with van der Waals surface area (Å²) in [5, 5.41) is 0. The molecular weight excluding hydrogens is 226 g/mol. The molecule has 0 bridgehead atoms. The van der Waals surface area contributed by atoms with Crippen molar-refractivity contribution in [3.8, 4) is 0 Å². The average Bonchev–Trinajstić information content (AvgIpc) is 2.58. The summed E-state index contributed by atoms with van der Waals surface area (Å²) in [4.78, 5) is 18.7. The second-order valence-electron chi connectivity index (χ2n) is 5.61. The molecule has 0 aromatic carbocycles. The predicted molar refractivity (Wildman–Crippen MR) is 70.0 cm³/mol. The van der Waals surface area contributed by atoms with Gasteiger partial charge in [-0.1, -0.05) is 19.9 Å². The fourth-order valence-electron chi connectivity index (χ4n) is 2.75. The Morgan fingerprint density at radius 1 is 1.50 bits per heavy atom. The van der Waals surface area contributed by atoms with Gasteiger partial charge in [0.15, 0.2) is 5.78 Å². The van der Waals surface area contributed by atoms with E-state index < -0.39 is 6.04 Å². The van der Waals surface area contributed by atoms with Crippen LogP contribution in [0.1, 0.15) is 31.9 Å². The van der Waals surface area contributed by atoms with Gasteiger partial charge in [-0.25, -0.2) is 4.98 Å². The summed E-state index contributed by atoms with van der Waals surface area (Å²) < 4.78 is 0. The van der Waals surface area contributed by atoms with Crippen molar-refractivity contribution >= 4 is 11.6 Å². The normalized spacial score (nSPS) is 25.3. The van der Waals surface area contributed by atoms with Crippen molar-refractivity contribution in [2.24, 2.45) is 11.1 Å². The maximum absolute atomic E-state index is 12.2. The fraction of sp³-hybridized carbons (Fsp3) is 0.429. The summed E-state index contributed by atoms with van der Waals surface area (Å²) in [5.74, 6) is 0.810. The van der Waals surface area contributed by atoms with Crippen molar-refractivity contribution in [2.45, 2.75) is 26.3 Å². The van der Waals surface area contributed by atoms with E-state index in [9.17, 15) is 4.79 Å². The van der Waals surface area contributed by atoms with Crippen LogP contribution in [-0.2, 0) is 4.79 Å². The number of anilines is 1. The first-order chi connectivity index (χ1) is 8.50. The first-order valence-corrected chi connectivity index (χ1v) is 6.25. The second-order valence-corrected chi connectivity index (χ2v) is 5.61. The highest BCUT2D eigenvalue weighted by atomic mass is 16.1. The molecule has 18 heavy (non-hydrogen) atoms. The molecule has 1 fully saturated rings. The predicted octanol–water partition coefficient (Wildman–Crippen LogP) is 1.78. The minimum Gasteiger partial charge on any atom is -0.329 e. The van der Waals surface area contributed by atoms with Crippen LogP contribution in [0, 0.1) is 5.41 Å². The van der Waals surface area contributed by atoms with Gasteiger partial charge in [0.2, 0.25) is 0 Å². The van der Waals surface area contributed by atoms with E-state index in [1.165, 1.54) is 0 Å². The molecule has 4 heteroatoms. The number of rotatable bonds is 0. The standard InChI is InChI=1S/C14H17N3O/c1-14(2)5-7-17-11(14)8-10(18)12(15)9-4-3-6-16-13(9)17/h3-4,6,8,12H,5,7,15H2,1-2H3. The Morgan fingerprint density at radius 3 is 3.06 bits per heavy atom. The number of carbonyl (C=O) groups excluding carboxylic acids is 1. The van der Waals surface area contributed by atoms with Gasteiger partial charge in [0, 0.05) is 35.5 Å². The number of ketones is 1. The quantitative estimate of drug-likeness (QED) is 0.754. The summed E-state index contributed by atoms with van der Waals surface area (Å²) in [5.41, 5.74) is 7.90. The van der Waals surface area contributed by atoms with E-state index in [1.54, 1.807) is 12.3 Å². The highest BCUT2D eigenvalue weighted by Crippen LogP contribution is 2.44. The van der Waals surface area contributed by atoms with Crippen molar-refractivity contribution in [3.05, 3.63) is 35.7 Å². The Balaban J connectivity index is 2.22. The van der Waals surface area contributed by atoms with Gasteiger partial charge in [-0.05, 0) is 12.5 Å². The van der Waals surface area contributed by atoms with Gasteiger partial charge < -0.3 is 10.6 Å². The van der Waals surface area contributed by atoms with Gasteiger partial charge in [0.1, 0.15) is 5.82 Å². The van der Waals surface area contributed by atoms with Crippen LogP contribution in [0.15, 0.2) is 30.1 Å². The van der Waals surface area contributed by atoms with E-state index in [2.05, 4.69) is 23.7 Å². The third-order valence-corrected chi connectivity index (χ3v) is 3.94. The Morgan fingerprint density at radius 2 is 2.28 bits per heavy atom. The summed E-state index contributed by atoms with van der Waals surface area (Å²) in [7, 11) is 0. The van der Waals surface area contributed by atoms with Crippen molar-refractivity contribution in [2.75, 3.05) is 11.4 Å². The van der Waals surface area contributed by atoms with Crippen molar-refractivity contribution in [1.82, 2.24) is 4.98 Å². The number of pyridine rings is 1. The molecule has 4 nitrogen and oxygen atoms in total. The van der Waals surface area contributed by atoms with Gasteiger partial charge in [-0.15, -0.1) is 0 Å². The Hall–Kier alpha value is -1.68. The lowest BCUT2D eigenvalue weighted by atomic mass is 9.88. The van der Waals surface area contributed by atoms with Gasteiger partial charge in [0.25, 0.3) is 0 Å². The van der Waals surface area contributed by atoms with Gasteiger partial charge >= 0.3 is 0 Å². The highest BCUT2D eigenvalue weighted by molar-refractivity contribution is 5.98. The Kier molecular flexibility index (Phi) is 2.32. The number of carbonyl (C=O) groups is 1. The molecule has 1 atom stereocenters. The molecule has 3 rings (SSSR count). The molecule has 1 unspecified atom stereocenters. The van der Waals surface area contributed by atoms with E-state index >= 15 is 0 Å². The molecule has 2 aliphatic rings. The van der Waals surface area contributed by atoms with Crippen LogP contribution in [0.5, 0.6) is 0 Å². The van der Waals surface area contributed by atoms with Crippen molar-refractivity contribution in [1.29, 1.82) is 0 Å². The van der Waals surface area contributed by atoms with E-state index in [1.807, 2.05) is 12.1 Å². The van der Waals surface area contributed by atoms with Crippen LogP contribution in [0.25, 0.3) is 0 Å². The Labute approximate surface area is 106 Å². The van der Waals surface area contributed by atoms with E-state index in [4.69, 9.17) is 5.73 Å².